The van der Waals surface area contributed by atoms with E-state index in [1.807, 2.05) is 0 Å². The first-order valence-electron chi connectivity index (χ1n) is 3.84. The lowest BCUT2D eigenvalue weighted by atomic mass is 10.1. The van der Waals surface area contributed by atoms with Crippen LogP contribution in [0.3, 0.4) is 0 Å². The van der Waals surface area contributed by atoms with Crippen LogP contribution in [0.2, 0.25) is 0 Å². The molecule has 0 fully saturated rings. The summed E-state index contributed by atoms with van der Waals surface area (Å²) in [6.45, 7) is 0. The molecule has 0 heterocycles. The Hall–Kier alpha value is -2.49. The van der Waals surface area contributed by atoms with Crippen LogP contribution in [0.15, 0.2) is 18.2 Å². The molecule has 0 unspecified atom stereocenters. The maximum atomic E-state index is 10.4. The Balaban J connectivity index is 3.27. The standard InChI is InChI=1S/C8H5N3O4/c9-2-1-6-3-7(10(12)13)5-8(4-6)11(14)15/h3-5H,1H2. The third-order valence-electron chi connectivity index (χ3n) is 1.67. The lowest BCUT2D eigenvalue weighted by molar-refractivity contribution is -0.394. The number of hydrogen-bond acceptors (Lipinski definition) is 5. The summed E-state index contributed by atoms with van der Waals surface area (Å²) in [6.07, 6.45) is -0.0947. The van der Waals surface area contributed by atoms with Crippen LogP contribution in [0, 0.1) is 31.6 Å². The second-order valence-corrected chi connectivity index (χ2v) is 2.71. The SMILES string of the molecule is N#CCc1cc([N+](=O)[O-])cc([N+](=O)[O-])c1. The van der Waals surface area contributed by atoms with E-state index in [1.165, 1.54) is 0 Å². The molecule has 0 saturated carbocycles. The molecule has 0 atom stereocenters. The van der Waals surface area contributed by atoms with Gasteiger partial charge in [-0.05, 0) is 5.56 Å². The first kappa shape index (κ1) is 10.6. The smallest absolute Gasteiger partial charge is 0.258 e. The van der Waals surface area contributed by atoms with Gasteiger partial charge in [0.25, 0.3) is 11.4 Å². The van der Waals surface area contributed by atoms with E-state index in [-0.39, 0.29) is 23.4 Å². The molecule has 1 aromatic carbocycles. The van der Waals surface area contributed by atoms with Gasteiger partial charge in [-0.1, -0.05) is 0 Å². The average molecular weight is 207 g/mol. The van der Waals surface area contributed by atoms with Crippen molar-refractivity contribution in [3.63, 3.8) is 0 Å². The molecule has 1 aromatic rings. The highest BCUT2D eigenvalue weighted by atomic mass is 16.6. The van der Waals surface area contributed by atoms with Crippen LogP contribution in [-0.4, -0.2) is 9.85 Å². The van der Waals surface area contributed by atoms with Crippen molar-refractivity contribution in [3.05, 3.63) is 44.0 Å². The van der Waals surface area contributed by atoms with E-state index < -0.39 is 9.85 Å². The quantitative estimate of drug-likeness (QED) is 0.551. The monoisotopic (exact) mass is 207 g/mol. The minimum Gasteiger partial charge on any atom is -0.258 e. The first-order valence-corrected chi connectivity index (χ1v) is 3.84. The van der Waals surface area contributed by atoms with Crippen LogP contribution in [0.1, 0.15) is 5.56 Å². The second kappa shape index (κ2) is 4.15. The fraction of sp³-hybridized carbons (Fsp3) is 0.125. The molecule has 1 rings (SSSR count). The van der Waals surface area contributed by atoms with E-state index >= 15 is 0 Å². The normalized spacial score (nSPS) is 9.27. The Morgan fingerprint density at radius 1 is 1.13 bits per heavy atom. The molecule has 76 valence electrons. The van der Waals surface area contributed by atoms with Crippen molar-refractivity contribution in [2.24, 2.45) is 0 Å². The fourth-order valence-corrected chi connectivity index (χ4v) is 1.06. The summed E-state index contributed by atoms with van der Waals surface area (Å²) in [6, 6.07) is 4.93. The largest absolute Gasteiger partial charge is 0.276 e. The van der Waals surface area contributed by atoms with E-state index in [2.05, 4.69) is 0 Å². The lowest BCUT2D eigenvalue weighted by Crippen LogP contribution is -1.95. The molecule has 0 bridgehead atoms. The third-order valence-corrected chi connectivity index (χ3v) is 1.67. The molecule has 7 nitrogen and oxygen atoms in total. The Morgan fingerprint density at radius 2 is 1.60 bits per heavy atom. The number of hydrogen-bond donors (Lipinski definition) is 0. The van der Waals surface area contributed by atoms with Gasteiger partial charge < -0.3 is 0 Å². The van der Waals surface area contributed by atoms with Crippen LogP contribution in [0.4, 0.5) is 11.4 Å². The summed E-state index contributed by atoms with van der Waals surface area (Å²) in [5, 5.41) is 29.3. The Labute approximate surface area is 83.9 Å². The fourth-order valence-electron chi connectivity index (χ4n) is 1.06. The molecule has 0 N–H and O–H groups in total. The van der Waals surface area contributed by atoms with Crippen molar-refractivity contribution in [1.82, 2.24) is 0 Å². The molecule has 0 saturated heterocycles. The molecule has 0 aromatic heterocycles. The predicted molar refractivity (Wildman–Crippen MR) is 49.1 cm³/mol. The molecule has 0 radical (unpaired) electrons. The topological polar surface area (TPSA) is 110 Å². The Kier molecular flexibility index (Phi) is 2.93. The number of nitro benzene ring substituents is 2. The van der Waals surface area contributed by atoms with Crippen molar-refractivity contribution in [1.29, 1.82) is 5.26 Å². The van der Waals surface area contributed by atoms with Crippen molar-refractivity contribution in [2.75, 3.05) is 0 Å². The van der Waals surface area contributed by atoms with Crippen molar-refractivity contribution in [2.45, 2.75) is 6.42 Å². The van der Waals surface area contributed by atoms with Crippen molar-refractivity contribution in [3.8, 4) is 6.07 Å². The molecule has 0 aliphatic carbocycles. The molecule has 0 amide bonds. The summed E-state index contributed by atoms with van der Waals surface area (Å²) in [5.74, 6) is 0. The zero-order valence-electron chi connectivity index (χ0n) is 7.41. The number of nitriles is 1. The van der Waals surface area contributed by atoms with Crippen molar-refractivity contribution >= 4 is 11.4 Å². The molecule has 7 heteroatoms. The Morgan fingerprint density at radius 3 is 1.93 bits per heavy atom. The molecular formula is C8H5N3O4. The van der Waals surface area contributed by atoms with Gasteiger partial charge in [0.05, 0.1) is 28.4 Å². The minimum atomic E-state index is -0.728. The molecule has 0 aliphatic rings. The Bertz CT molecular complexity index is 431. The summed E-state index contributed by atoms with van der Waals surface area (Å²) >= 11 is 0. The average Bonchev–Trinajstić information content (AvgIpc) is 2.17. The van der Waals surface area contributed by atoms with Crippen LogP contribution in [0.5, 0.6) is 0 Å². The predicted octanol–water partition coefficient (Wildman–Crippen LogP) is 1.57. The van der Waals surface area contributed by atoms with Crippen LogP contribution in [-0.2, 0) is 6.42 Å². The number of benzene rings is 1. The number of rotatable bonds is 3. The van der Waals surface area contributed by atoms with Gasteiger partial charge in [-0.3, -0.25) is 20.2 Å². The molecule has 0 aliphatic heterocycles. The number of nitrogens with zero attached hydrogens (tertiary/aromatic N) is 3. The van der Waals surface area contributed by atoms with Crippen LogP contribution < -0.4 is 0 Å². The van der Waals surface area contributed by atoms with E-state index in [0.717, 1.165) is 18.2 Å². The number of non-ortho nitro benzene ring substituents is 2. The summed E-state index contributed by atoms with van der Waals surface area (Å²) in [7, 11) is 0. The van der Waals surface area contributed by atoms with Crippen LogP contribution in [0.25, 0.3) is 0 Å². The highest BCUT2D eigenvalue weighted by Gasteiger charge is 2.15. The highest BCUT2D eigenvalue weighted by Crippen LogP contribution is 2.22. The molecular weight excluding hydrogens is 202 g/mol. The van der Waals surface area contributed by atoms with E-state index in [9.17, 15) is 20.2 Å². The van der Waals surface area contributed by atoms with E-state index in [0.29, 0.717) is 0 Å². The first-order chi connectivity index (χ1) is 7.04. The zero-order valence-corrected chi connectivity index (χ0v) is 7.41. The van der Waals surface area contributed by atoms with Gasteiger partial charge >= 0.3 is 0 Å². The second-order valence-electron chi connectivity index (χ2n) is 2.71. The van der Waals surface area contributed by atoms with Gasteiger partial charge in [0.2, 0.25) is 0 Å². The van der Waals surface area contributed by atoms with Gasteiger partial charge in [-0.15, -0.1) is 0 Å². The van der Waals surface area contributed by atoms with Crippen molar-refractivity contribution < 1.29 is 9.85 Å². The van der Waals surface area contributed by atoms with Gasteiger partial charge in [0, 0.05) is 12.1 Å². The van der Waals surface area contributed by atoms with E-state index in [4.69, 9.17) is 5.26 Å². The zero-order chi connectivity index (χ0) is 11.4. The lowest BCUT2D eigenvalue weighted by Gasteiger charge is -1.96. The van der Waals surface area contributed by atoms with Gasteiger partial charge in [0.1, 0.15) is 0 Å². The minimum absolute atomic E-state index is 0.0947. The van der Waals surface area contributed by atoms with Crippen LogP contribution >= 0.6 is 0 Å². The maximum absolute atomic E-state index is 10.4. The summed E-state index contributed by atoms with van der Waals surface area (Å²) in [5.41, 5.74) is -0.498. The highest BCUT2D eigenvalue weighted by molar-refractivity contribution is 5.47. The summed E-state index contributed by atoms with van der Waals surface area (Å²) in [4.78, 5) is 19.4. The number of nitro groups is 2. The van der Waals surface area contributed by atoms with Gasteiger partial charge in [0.15, 0.2) is 0 Å². The molecule has 0 spiro atoms. The third kappa shape index (κ3) is 2.47. The van der Waals surface area contributed by atoms with Gasteiger partial charge in [-0.25, -0.2) is 0 Å². The maximum Gasteiger partial charge on any atom is 0.276 e. The molecule has 15 heavy (non-hydrogen) atoms. The summed E-state index contributed by atoms with van der Waals surface area (Å²) < 4.78 is 0. The van der Waals surface area contributed by atoms with E-state index in [1.54, 1.807) is 6.07 Å². The van der Waals surface area contributed by atoms with Gasteiger partial charge in [-0.2, -0.15) is 5.26 Å².